The molecule has 0 saturated carbocycles. The molecule has 1 aromatic carbocycles. The zero-order chi connectivity index (χ0) is 23.4. The molecule has 3 aromatic rings. The fourth-order valence-electron chi connectivity index (χ4n) is 3.79. The number of hydrogen-bond acceptors (Lipinski definition) is 6. The predicted molar refractivity (Wildman–Crippen MR) is 124 cm³/mol. The van der Waals surface area contributed by atoms with Gasteiger partial charge in [-0.1, -0.05) is 29.4 Å². The van der Waals surface area contributed by atoms with Gasteiger partial charge in [0.2, 0.25) is 15.9 Å². The minimum absolute atomic E-state index is 0.0318. The highest BCUT2D eigenvalue weighted by Crippen LogP contribution is 2.29. The van der Waals surface area contributed by atoms with Crippen molar-refractivity contribution in [2.75, 3.05) is 13.1 Å². The smallest absolute Gasteiger partial charge is 0.248 e. The number of piperidine rings is 1. The van der Waals surface area contributed by atoms with Crippen LogP contribution in [-0.2, 0) is 21.4 Å². The van der Waals surface area contributed by atoms with Gasteiger partial charge in [-0.15, -0.1) is 11.3 Å². The van der Waals surface area contributed by atoms with Crippen molar-refractivity contribution in [1.29, 1.82) is 0 Å². The summed E-state index contributed by atoms with van der Waals surface area (Å²) in [6, 6.07) is 10.1. The highest BCUT2D eigenvalue weighted by atomic mass is 32.2. The summed E-state index contributed by atoms with van der Waals surface area (Å²) in [5, 5.41) is 8.70. The number of benzene rings is 1. The fraction of sp³-hybridized carbons (Fsp3) is 0.304. The Labute approximate surface area is 196 Å². The van der Waals surface area contributed by atoms with Crippen LogP contribution in [0.5, 0.6) is 0 Å². The van der Waals surface area contributed by atoms with Crippen molar-refractivity contribution in [3.8, 4) is 0 Å². The Kier molecular flexibility index (Phi) is 7.06. The second kappa shape index (κ2) is 9.98. The van der Waals surface area contributed by atoms with Gasteiger partial charge in [-0.3, -0.25) is 4.79 Å². The van der Waals surface area contributed by atoms with Gasteiger partial charge in [0.05, 0.1) is 6.54 Å². The summed E-state index contributed by atoms with van der Waals surface area (Å²) in [6.45, 7) is 2.48. The summed E-state index contributed by atoms with van der Waals surface area (Å²) in [5.41, 5.74) is 0.545. The molecular weight excluding hydrogens is 465 g/mol. The van der Waals surface area contributed by atoms with E-state index in [2.05, 4.69) is 10.5 Å². The highest BCUT2D eigenvalue weighted by molar-refractivity contribution is 7.89. The van der Waals surface area contributed by atoms with Gasteiger partial charge < -0.3 is 9.84 Å². The van der Waals surface area contributed by atoms with Crippen LogP contribution >= 0.6 is 11.3 Å². The van der Waals surface area contributed by atoms with Crippen molar-refractivity contribution in [3.05, 3.63) is 69.5 Å². The first-order valence-corrected chi connectivity index (χ1v) is 12.9. The molecule has 174 valence electrons. The van der Waals surface area contributed by atoms with Crippen molar-refractivity contribution < 1.29 is 22.1 Å². The van der Waals surface area contributed by atoms with Crippen LogP contribution in [0.4, 0.5) is 4.39 Å². The maximum absolute atomic E-state index is 13.9. The predicted octanol–water partition coefficient (Wildman–Crippen LogP) is 4.07. The molecule has 1 amide bonds. The number of nitrogens with one attached hydrogen (secondary N) is 1. The summed E-state index contributed by atoms with van der Waals surface area (Å²) in [4.78, 5) is 13.5. The van der Waals surface area contributed by atoms with Crippen LogP contribution in [0.3, 0.4) is 0 Å². The van der Waals surface area contributed by atoms with Crippen molar-refractivity contribution in [3.63, 3.8) is 0 Å². The topological polar surface area (TPSA) is 92.5 Å². The summed E-state index contributed by atoms with van der Waals surface area (Å²) in [5.74, 6) is -0.670. The third-order valence-electron chi connectivity index (χ3n) is 5.59. The Bertz CT molecular complexity index is 1240. The number of rotatable bonds is 7. The molecule has 7 nitrogen and oxygen atoms in total. The molecule has 10 heteroatoms. The van der Waals surface area contributed by atoms with Crippen LogP contribution in [0.2, 0.25) is 0 Å². The van der Waals surface area contributed by atoms with Crippen LogP contribution in [-0.4, -0.2) is 36.9 Å². The third-order valence-corrected chi connectivity index (χ3v) is 8.53. The largest absolute Gasteiger partial charge is 0.355 e. The molecular formula is C23H24FN3O4S2. The molecule has 4 rings (SSSR count). The maximum atomic E-state index is 13.9. The Balaban J connectivity index is 1.43. The first kappa shape index (κ1) is 23.3. The Hall–Kier alpha value is -2.82. The van der Waals surface area contributed by atoms with Crippen LogP contribution in [0, 0.1) is 18.7 Å². The van der Waals surface area contributed by atoms with E-state index in [0.717, 1.165) is 4.88 Å². The zero-order valence-electron chi connectivity index (χ0n) is 18.0. The van der Waals surface area contributed by atoms with E-state index in [1.54, 1.807) is 36.5 Å². The van der Waals surface area contributed by atoms with E-state index in [-0.39, 0.29) is 41.3 Å². The summed E-state index contributed by atoms with van der Waals surface area (Å²) >= 11 is 1.58. The van der Waals surface area contributed by atoms with Crippen LogP contribution in [0.15, 0.2) is 51.2 Å². The second-order valence-electron chi connectivity index (χ2n) is 7.79. The van der Waals surface area contributed by atoms with Gasteiger partial charge in [0.1, 0.15) is 11.5 Å². The number of carbonyl (C=O) groups is 1. The van der Waals surface area contributed by atoms with Gasteiger partial charge in [-0.2, -0.15) is 4.31 Å². The van der Waals surface area contributed by atoms with E-state index in [1.807, 2.05) is 17.5 Å². The van der Waals surface area contributed by atoms with Crippen molar-refractivity contribution >= 4 is 39.4 Å². The lowest BCUT2D eigenvalue weighted by Crippen LogP contribution is -2.43. The van der Waals surface area contributed by atoms with Crippen molar-refractivity contribution in [2.45, 2.75) is 31.2 Å². The molecule has 33 heavy (non-hydrogen) atoms. The molecule has 1 fully saturated rings. The monoisotopic (exact) mass is 489 g/mol. The number of thiophene rings is 1. The van der Waals surface area contributed by atoms with E-state index < -0.39 is 15.8 Å². The molecule has 1 aliphatic rings. The van der Waals surface area contributed by atoms with E-state index >= 15 is 0 Å². The lowest BCUT2D eigenvalue weighted by Gasteiger charge is -2.30. The number of halogens is 1. The van der Waals surface area contributed by atoms with Crippen LogP contribution in [0.1, 0.15) is 34.7 Å². The Morgan fingerprint density at radius 2 is 2.00 bits per heavy atom. The molecule has 0 bridgehead atoms. The summed E-state index contributed by atoms with van der Waals surface area (Å²) in [7, 11) is -3.89. The number of sulfonamides is 1. The normalized spacial score (nSPS) is 15.8. The lowest BCUT2D eigenvalue weighted by atomic mass is 9.97. The number of aryl methyl sites for hydroxylation is 1. The minimum Gasteiger partial charge on any atom is -0.355 e. The Morgan fingerprint density at radius 3 is 2.70 bits per heavy atom. The van der Waals surface area contributed by atoms with E-state index in [9.17, 15) is 17.6 Å². The molecule has 0 atom stereocenters. The molecule has 0 unspecified atom stereocenters. The van der Waals surface area contributed by atoms with Gasteiger partial charge in [0, 0.05) is 29.4 Å². The summed E-state index contributed by atoms with van der Waals surface area (Å²) < 4.78 is 47.2. The average Bonchev–Trinajstić information content (AvgIpc) is 3.47. The molecule has 1 saturated heterocycles. The zero-order valence-corrected chi connectivity index (χ0v) is 19.7. The quantitative estimate of drug-likeness (QED) is 0.540. The first-order chi connectivity index (χ1) is 15.9. The second-order valence-corrected chi connectivity index (χ2v) is 10.7. The van der Waals surface area contributed by atoms with Gasteiger partial charge in [-0.05, 0) is 49.4 Å². The number of aromatic nitrogens is 1. The summed E-state index contributed by atoms with van der Waals surface area (Å²) in [6.07, 6.45) is 3.73. The maximum Gasteiger partial charge on any atom is 0.248 e. The van der Waals surface area contributed by atoms with E-state index in [1.165, 1.54) is 22.5 Å². The SMILES string of the molecule is Cc1noc(C=Cc2ccccc2F)c1S(=O)(=O)N1CCC(C(=O)NCc2cccs2)CC1. The van der Waals surface area contributed by atoms with Gasteiger partial charge in [0.25, 0.3) is 0 Å². The van der Waals surface area contributed by atoms with Gasteiger partial charge in [-0.25, -0.2) is 12.8 Å². The Morgan fingerprint density at radius 1 is 1.24 bits per heavy atom. The molecule has 0 aliphatic carbocycles. The van der Waals surface area contributed by atoms with Crippen molar-refractivity contribution in [2.24, 2.45) is 5.92 Å². The first-order valence-electron chi connectivity index (χ1n) is 10.6. The molecule has 3 heterocycles. The highest BCUT2D eigenvalue weighted by Gasteiger charge is 2.35. The molecule has 1 N–H and O–H groups in total. The number of amides is 1. The standard InChI is InChI=1S/C23H24FN3O4S2/c1-16-22(21(31-26-16)9-8-17-5-2-3-7-20(17)24)33(29,30)27-12-10-18(11-13-27)23(28)25-15-19-6-4-14-32-19/h2-9,14,18H,10-13,15H2,1H3,(H,25,28). The van der Waals surface area contributed by atoms with E-state index in [4.69, 9.17) is 4.52 Å². The van der Waals surface area contributed by atoms with Crippen LogP contribution in [0.25, 0.3) is 12.2 Å². The molecule has 1 aliphatic heterocycles. The fourth-order valence-corrected chi connectivity index (χ4v) is 6.16. The number of nitrogens with zero attached hydrogens (tertiary/aromatic N) is 2. The van der Waals surface area contributed by atoms with Gasteiger partial charge in [0.15, 0.2) is 10.7 Å². The molecule has 0 radical (unpaired) electrons. The lowest BCUT2D eigenvalue weighted by molar-refractivity contribution is -0.126. The number of carbonyl (C=O) groups excluding carboxylic acids is 1. The van der Waals surface area contributed by atoms with E-state index in [0.29, 0.717) is 24.9 Å². The molecule has 2 aromatic heterocycles. The molecule has 0 spiro atoms. The third kappa shape index (κ3) is 5.23. The van der Waals surface area contributed by atoms with Crippen molar-refractivity contribution in [1.82, 2.24) is 14.8 Å². The van der Waals surface area contributed by atoms with Crippen LogP contribution < -0.4 is 5.32 Å². The average molecular weight is 490 g/mol. The number of hydrogen-bond donors (Lipinski definition) is 1. The minimum atomic E-state index is -3.89. The van der Waals surface area contributed by atoms with Gasteiger partial charge >= 0.3 is 0 Å².